The average molecular weight is 154 g/mol. The SMILES string of the molecule is [O-][n+]1onc2ccc(F)cc21. The van der Waals surface area contributed by atoms with Crippen molar-refractivity contribution in [2.45, 2.75) is 0 Å². The minimum absolute atomic E-state index is 0.102. The van der Waals surface area contributed by atoms with E-state index in [1.54, 1.807) is 0 Å². The predicted octanol–water partition coefficient (Wildman–Crippen LogP) is 0.600. The second-order valence-electron chi connectivity index (χ2n) is 2.06. The third-order valence-corrected chi connectivity index (χ3v) is 1.35. The van der Waals surface area contributed by atoms with Crippen molar-refractivity contribution in [1.29, 1.82) is 0 Å². The van der Waals surface area contributed by atoms with E-state index < -0.39 is 5.82 Å². The Balaban J connectivity index is 2.87. The Bertz CT molecular complexity index is 398. The highest BCUT2D eigenvalue weighted by atomic mass is 19.1. The number of fused-ring (bicyclic) bond motifs is 1. The minimum Gasteiger partial charge on any atom is -0.359 e. The van der Waals surface area contributed by atoms with Crippen LogP contribution in [0.5, 0.6) is 0 Å². The summed E-state index contributed by atoms with van der Waals surface area (Å²) in [4.78, 5) is 0.165. The largest absolute Gasteiger partial charge is 0.359 e. The summed E-state index contributed by atoms with van der Waals surface area (Å²) >= 11 is 0. The first-order valence-electron chi connectivity index (χ1n) is 2.92. The highest BCUT2D eigenvalue weighted by Crippen LogP contribution is 2.07. The van der Waals surface area contributed by atoms with Gasteiger partial charge in [0.05, 0.1) is 0 Å². The molecule has 56 valence electrons. The quantitative estimate of drug-likeness (QED) is 0.522. The van der Waals surface area contributed by atoms with Crippen LogP contribution in [0.2, 0.25) is 0 Å². The van der Waals surface area contributed by atoms with Crippen molar-refractivity contribution >= 4 is 11.0 Å². The number of benzene rings is 1. The van der Waals surface area contributed by atoms with Gasteiger partial charge >= 0.3 is 0 Å². The molecule has 1 aromatic heterocycles. The maximum Gasteiger partial charge on any atom is 0.248 e. The van der Waals surface area contributed by atoms with Gasteiger partial charge in [0.2, 0.25) is 11.0 Å². The molecule has 0 atom stereocenters. The van der Waals surface area contributed by atoms with E-state index in [4.69, 9.17) is 0 Å². The molecule has 0 radical (unpaired) electrons. The molecule has 0 saturated carbocycles. The van der Waals surface area contributed by atoms with Gasteiger partial charge in [0.15, 0.2) is 0 Å². The molecule has 1 heterocycles. The van der Waals surface area contributed by atoms with Gasteiger partial charge in [-0.15, -0.1) is 0 Å². The van der Waals surface area contributed by atoms with Gasteiger partial charge in [-0.05, 0) is 17.0 Å². The van der Waals surface area contributed by atoms with Crippen molar-refractivity contribution in [2.75, 3.05) is 0 Å². The fraction of sp³-hybridized carbons (Fsp3) is 0. The zero-order chi connectivity index (χ0) is 7.84. The predicted molar refractivity (Wildman–Crippen MR) is 32.9 cm³/mol. The fourth-order valence-corrected chi connectivity index (χ4v) is 0.845. The fourth-order valence-electron chi connectivity index (χ4n) is 0.845. The Morgan fingerprint density at radius 2 is 2.36 bits per heavy atom. The summed E-state index contributed by atoms with van der Waals surface area (Å²) in [6, 6.07) is 3.66. The lowest BCUT2D eigenvalue weighted by atomic mass is 10.3. The average Bonchev–Trinajstić information content (AvgIpc) is 2.33. The van der Waals surface area contributed by atoms with Gasteiger partial charge in [0.25, 0.3) is 0 Å². The highest BCUT2D eigenvalue weighted by molar-refractivity contribution is 5.69. The summed E-state index contributed by atoms with van der Waals surface area (Å²) in [5.74, 6) is -0.481. The van der Waals surface area contributed by atoms with Crippen LogP contribution in [0.25, 0.3) is 11.0 Å². The molecule has 0 aliphatic carbocycles. The normalized spacial score (nSPS) is 10.6. The third-order valence-electron chi connectivity index (χ3n) is 1.35. The molecule has 0 aliphatic heterocycles. The number of nitrogens with zero attached hydrogens (tertiary/aromatic N) is 2. The number of aromatic nitrogens is 2. The van der Waals surface area contributed by atoms with Crippen molar-refractivity contribution in [3.05, 3.63) is 29.2 Å². The van der Waals surface area contributed by atoms with Gasteiger partial charge in [0, 0.05) is 11.2 Å². The Morgan fingerprint density at radius 3 is 3.18 bits per heavy atom. The molecule has 4 nitrogen and oxygen atoms in total. The molecule has 0 saturated heterocycles. The van der Waals surface area contributed by atoms with Crippen LogP contribution in [0.1, 0.15) is 0 Å². The summed E-state index contributed by atoms with van der Waals surface area (Å²) in [6.45, 7) is 0. The molecule has 0 aliphatic rings. The minimum atomic E-state index is -0.481. The summed E-state index contributed by atoms with van der Waals surface area (Å²) in [7, 11) is 0. The molecule has 0 bridgehead atoms. The lowest BCUT2D eigenvalue weighted by Crippen LogP contribution is -2.22. The Labute approximate surface area is 60.4 Å². The maximum absolute atomic E-state index is 12.5. The van der Waals surface area contributed by atoms with E-state index in [1.807, 2.05) is 0 Å². The van der Waals surface area contributed by atoms with E-state index in [9.17, 15) is 9.60 Å². The van der Waals surface area contributed by atoms with Gasteiger partial charge in [0.1, 0.15) is 5.82 Å². The topological polar surface area (TPSA) is 53.0 Å². The van der Waals surface area contributed by atoms with E-state index in [1.165, 1.54) is 12.1 Å². The molecule has 0 amide bonds. The van der Waals surface area contributed by atoms with Gasteiger partial charge in [-0.25, -0.2) is 4.39 Å². The van der Waals surface area contributed by atoms with E-state index >= 15 is 0 Å². The Kier molecular flexibility index (Phi) is 1.06. The molecule has 0 N–H and O–H groups in total. The summed E-state index contributed by atoms with van der Waals surface area (Å²) in [6.07, 6.45) is 0. The first-order valence-corrected chi connectivity index (χ1v) is 2.92. The molecular weight excluding hydrogens is 151 g/mol. The second kappa shape index (κ2) is 1.91. The van der Waals surface area contributed by atoms with Crippen molar-refractivity contribution < 1.29 is 13.9 Å². The van der Waals surface area contributed by atoms with Gasteiger partial charge < -0.3 is 5.21 Å². The molecule has 0 spiro atoms. The van der Waals surface area contributed by atoms with Crippen LogP contribution in [0, 0.1) is 11.0 Å². The Hall–Kier alpha value is -1.65. The van der Waals surface area contributed by atoms with Crippen LogP contribution in [0.15, 0.2) is 22.8 Å². The molecule has 0 unspecified atom stereocenters. The molecule has 2 rings (SSSR count). The number of halogens is 1. The first kappa shape index (κ1) is 6.09. The van der Waals surface area contributed by atoms with E-state index in [0.717, 1.165) is 6.07 Å². The summed E-state index contributed by atoms with van der Waals surface area (Å²) < 4.78 is 16.7. The standard InChI is InChI=1S/C6H3FN2O2/c7-4-1-2-5-6(3-4)9(10)11-8-5/h1-3H. The van der Waals surface area contributed by atoms with Gasteiger partial charge in [-0.2, -0.15) is 0 Å². The number of hydrogen-bond acceptors (Lipinski definition) is 3. The van der Waals surface area contributed by atoms with Crippen LogP contribution in [0.4, 0.5) is 4.39 Å². The van der Waals surface area contributed by atoms with Gasteiger partial charge in [-0.3, -0.25) is 4.63 Å². The second-order valence-corrected chi connectivity index (χ2v) is 2.06. The zero-order valence-corrected chi connectivity index (χ0v) is 5.32. The van der Waals surface area contributed by atoms with E-state index in [0.29, 0.717) is 5.52 Å². The van der Waals surface area contributed by atoms with Crippen molar-refractivity contribution in [3.63, 3.8) is 0 Å². The molecular formula is C6H3FN2O2. The van der Waals surface area contributed by atoms with Crippen LogP contribution in [0.3, 0.4) is 0 Å². The van der Waals surface area contributed by atoms with Crippen LogP contribution < -0.4 is 4.90 Å². The smallest absolute Gasteiger partial charge is 0.248 e. The lowest BCUT2D eigenvalue weighted by molar-refractivity contribution is -0.782. The van der Waals surface area contributed by atoms with E-state index in [2.05, 4.69) is 9.79 Å². The summed E-state index contributed by atoms with van der Waals surface area (Å²) in [5, 5.41) is 14.0. The Morgan fingerprint density at radius 1 is 1.55 bits per heavy atom. The van der Waals surface area contributed by atoms with E-state index in [-0.39, 0.29) is 10.4 Å². The first-order chi connectivity index (χ1) is 5.27. The van der Waals surface area contributed by atoms with Crippen LogP contribution in [-0.4, -0.2) is 5.16 Å². The van der Waals surface area contributed by atoms with Crippen molar-refractivity contribution in [3.8, 4) is 0 Å². The highest BCUT2D eigenvalue weighted by Gasteiger charge is 2.08. The third kappa shape index (κ3) is 0.813. The molecule has 0 fully saturated rings. The monoisotopic (exact) mass is 154 g/mol. The molecule has 2 aromatic rings. The maximum atomic E-state index is 12.5. The zero-order valence-electron chi connectivity index (χ0n) is 5.32. The lowest BCUT2D eigenvalue weighted by Gasteiger charge is -1.85. The van der Waals surface area contributed by atoms with Gasteiger partial charge in [-0.1, -0.05) is 0 Å². The number of hydrogen-bond donors (Lipinski definition) is 0. The summed E-state index contributed by atoms with van der Waals surface area (Å²) in [5.41, 5.74) is 0.450. The molecule has 5 heteroatoms. The van der Waals surface area contributed by atoms with Crippen LogP contribution in [-0.2, 0) is 0 Å². The van der Waals surface area contributed by atoms with Crippen molar-refractivity contribution in [1.82, 2.24) is 5.16 Å². The van der Waals surface area contributed by atoms with Crippen molar-refractivity contribution in [2.24, 2.45) is 0 Å². The molecule has 11 heavy (non-hydrogen) atoms. The molecule has 1 aromatic carbocycles. The van der Waals surface area contributed by atoms with Crippen LogP contribution >= 0.6 is 0 Å². The number of rotatable bonds is 0.